The third-order valence-electron chi connectivity index (χ3n) is 4.47. The minimum absolute atomic E-state index is 0.184. The van der Waals surface area contributed by atoms with Crippen LogP contribution in [0.4, 0.5) is 4.39 Å². The van der Waals surface area contributed by atoms with Crippen molar-refractivity contribution in [1.82, 2.24) is 29.7 Å². The van der Waals surface area contributed by atoms with Gasteiger partial charge in [0.15, 0.2) is 11.2 Å². The van der Waals surface area contributed by atoms with Crippen molar-refractivity contribution in [2.75, 3.05) is 0 Å². The fourth-order valence-electron chi connectivity index (χ4n) is 3.19. The molecule has 1 N–H and O–H groups in total. The average molecular weight is 372 g/mol. The molecule has 0 unspecified atom stereocenters. The maximum Gasteiger partial charge on any atom is 0.209 e. The van der Waals surface area contributed by atoms with Crippen LogP contribution >= 0.6 is 0 Å². The summed E-state index contributed by atoms with van der Waals surface area (Å²) in [6, 6.07) is 9.82. The van der Waals surface area contributed by atoms with Gasteiger partial charge in [0, 0.05) is 42.7 Å². The van der Waals surface area contributed by atoms with E-state index in [1.165, 1.54) is 18.3 Å². The maximum atomic E-state index is 14.7. The molecule has 1 aromatic carbocycles. The van der Waals surface area contributed by atoms with Crippen LogP contribution in [-0.2, 0) is 7.05 Å². The lowest BCUT2D eigenvalue weighted by Crippen LogP contribution is -2.07. The molecule has 0 amide bonds. The molecular formula is C20H13FN6O. The molecule has 0 atom stereocenters. The zero-order valence-corrected chi connectivity index (χ0v) is 14.7. The normalized spacial score (nSPS) is 11.4. The van der Waals surface area contributed by atoms with Crippen LogP contribution in [0.15, 0.2) is 59.8 Å². The number of hydrogen-bond acceptors (Lipinski definition) is 5. The van der Waals surface area contributed by atoms with Gasteiger partial charge in [-0.3, -0.25) is 14.5 Å². The number of hydrogen-bond donors (Lipinski definition) is 1. The highest BCUT2D eigenvalue weighted by atomic mass is 19.1. The van der Waals surface area contributed by atoms with E-state index in [1.807, 2.05) is 0 Å². The quantitative estimate of drug-likeness (QED) is 0.514. The number of aromatic nitrogens is 6. The lowest BCUT2D eigenvalue weighted by molar-refractivity contribution is 0.637. The van der Waals surface area contributed by atoms with E-state index >= 15 is 0 Å². The highest BCUT2D eigenvalue weighted by molar-refractivity contribution is 5.89. The van der Waals surface area contributed by atoms with Gasteiger partial charge in [-0.15, -0.1) is 0 Å². The third-order valence-corrected chi connectivity index (χ3v) is 4.47. The smallest absolute Gasteiger partial charge is 0.209 e. The van der Waals surface area contributed by atoms with Gasteiger partial charge in [-0.05, 0) is 24.3 Å². The van der Waals surface area contributed by atoms with E-state index in [9.17, 15) is 9.18 Å². The molecule has 7 nitrogen and oxygen atoms in total. The molecule has 0 fully saturated rings. The Morgan fingerprint density at radius 1 is 1.07 bits per heavy atom. The molecule has 0 saturated heterocycles. The summed E-state index contributed by atoms with van der Waals surface area (Å²) >= 11 is 0. The van der Waals surface area contributed by atoms with E-state index in [-0.39, 0.29) is 16.5 Å². The molecule has 0 aliphatic carbocycles. The van der Waals surface area contributed by atoms with Crippen molar-refractivity contribution >= 4 is 22.1 Å². The molecule has 0 saturated carbocycles. The summed E-state index contributed by atoms with van der Waals surface area (Å²) in [5, 5.41) is 5.03. The van der Waals surface area contributed by atoms with Crippen LogP contribution in [0.2, 0.25) is 0 Å². The summed E-state index contributed by atoms with van der Waals surface area (Å²) in [6.07, 6.45) is 4.84. The fourth-order valence-corrected chi connectivity index (χ4v) is 3.19. The van der Waals surface area contributed by atoms with Gasteiger partial charge in [0.25, 0.3) is 0 Å². The van der Waals surface area contributed by atoms with E-state index in [2.05, 4.69) is 25.0 Å². The number of benzene rings is 1. The molecule has 0 spiro atoms. The predicted molar refractivity (Wildman–Crippen MR) is 103 cm³/mol. The van der Waals surface area contributed by atoms with E-state index < -0.39 is 5.82 Å². The monoisotopic (exact) mass is 372 g/mol. The predicted octanol–water partition coefficient (Wildman–Crippen LogP) is 3.07. The number of nitrogens with zero attached hydrogens (tertiary/aromatic N) is 5. The second kappa shape index (κ2) is 6.05. The van der Waals surface area contributed by atoms with Gasteiger partial charge in [0.1, 0.15) is 22.7 Å². The van der Waals surface area contributed by atoms with Crippen molar-refractivity contribution < 1.29 is 4.39 Å². The van der Waals surface area contributed by atoms with Crippen molar-refractivity contribution in [2.24, 2.45) is 7.05 Å². The van der Waals surface area contributed by atoms with Crippen LogP contribution in [-0.4, -0.2) is 29.7 Å². The van der Waals surface area contributed by atoms with E-state index in [0.29, 0.717) is 33.7 Å². The summed E-state index contributed by atoms with van der Waals surface area (Å²) in [5.74, 6) is -0.469. The van der Waals surface area contributed by atoms with Gasteiger partial charge in [0.05, 0.1) is 5.69 Å². The first-order chi connectivity index (χ1) is 13.6. The molecule has 8 heteroatoms. The Morgan fingerprint density at radius 2 is 1.96 bits per heavy atom. The van der Waals surface area contributed by atoms with Crippen molar-refractivity contribution in [3.05, 3.63) is 71.0 Å². The highest BCUT2D eigenvalue weighted by Gasteiger charge is 2.18. The number of aromatic amines is 1. The standard InChI is InChI=1S/C20H13FN6O/c1-27-8-5-14(26-27)18-17(24-19-15(28)4-7-23-20(19)25-18)12-9-11-3-2-6-22-16(11)13(21)10-12/h2-10H,1H3,(H,23,25,28). The molecule has 5 aromatic rings. The largest absolute Gasteiger partial charge is 0.345 e. The number of aryl methyl sites for hydroxylation is 1. The van der Waals surface area contributed by atoms with E-state index in [0.717, 1.165) is 0 Å². The van der Waals surface area contributed by atoms with Gasteiger partial charge in [-0.2, -0.15) is 5.10 Å². The van der Waals surface area contributed by atoms with E-state index in [1.54, 1.807) is 48.4 Å². The molecular weight excluding hydrogens is 359 g/mol. The number of halogens is 1. The SMILES string of the molecule is Cn1ccc(-c2nc3[nH]ccc(=O)c3nc2-c2cc(F)c3ncccc3c2)n1. The van der Waals surface area contributed by atoms with Crippen LogP contribution in [0, 0.1) is 5.82 Å². The number of H-pyrrole nitrogens is 1. The molecule has 4 heterocycles. The fraction of sp³-hybridized carbons (Fsp3) is 0.0500. The Morgan fingerprint density at radius 3 is 2.79 bits per heavy atom. The molecule has 0 aliphatic heterocycles. The summed E-state index contributed by atoms with van der Waals surface area (Å²) in [4.78, 5) is 28.4. The summed E-state index contributed by atoms with van der Waals surface area (Å²) in [7, 11) is 1.79. The van der Waals surface area contributed by atoms with Crippen molar-refractivity contribution in [1.29, 1.82) is 0 Å². The average Bonchev–Trinajstić information content (AvgIpc) is 3.14. The molecule has 4 aromatic heterocycles. The topological polar surface area (TPSA) is 89.4 Å². The van der Waals surface area contributed by atoms with Gasteiger partial charge in [0.2, 0.25) is 5.43 Å². The maximum absolute atomic E-state index is 14.7. The Hall–Kier alpha value is -3.94. The molecule has 0 aliphatic rings. The van der Waals surface area contributed by atoms with Crippen molar-refractivity contribution in [3.8, 4) is 22.6 Å². The van der Waals surface area contributed by atoms with Gasteiger partial charge < -0.3 is 4.98 Å². The van der Waals surface area contributed by atoms with Gasteiger partial charge >= 0.3 is 0 Å². The molecule has 136 valence electrons. The van der Waals surface area contributed by atoms with Crippen LogP contribution in [0.1, 0.15) is 0 Å². The lowest BCUT2D eigenvalue weighted by atomic mass is 10.0. The lowest BCUT2D eigenvalue weighted by Gasteiger charge is -2.09. The second-order valence-corrected chi connectivity index (χ2v) is 6.37. The van der Waals surface area contributed by atoms with Gasteiger partial charge in [-0.25, -0.2) is 14.4 Å². The van der Waals surface area contributed by atoms with Crippen LogP contribution in [0.3, 0.4) is 0 Å². The summed E-state index contributed by atoms with van der Waals surface area (Å²) < 4.78 is 16.3. The first kappa shape index (κ1) is 16.2. The zero-order valence-electron chi connectivity index (χ0n) is 14.7. The van der Waals surface area contributed by atoms with Gasteiger partial charge in [-0.1, -0.05) is 6.07 Å². The zero-order chi connectivity index (χ0) is 19.3. The minimum atomic E-state index is -0.469. The number of rotatable bonds is 2. The third kappa shape index (κ3) is 2.54. The number of nitrogens with one attached hydrogen (secondary N) is 1. The Balaban J connectivity index is 1.87. The number of pyridine rings is 2. The Kier molecular flexibility index (Phi) is 3.51. The van der Waals surface area contributed by atoms with Crippen LogP contribution in [0.5, 0.6) is 0 Å². The summed E-state index contributed by atoms with van der Waals surface area (Å²) in [6.45, 7) is 0. The first-order valence-electron chi connectivity index (χ1n) is 8.54. The minimum Gasteiger partial charge on any atom is -0.345 e. The molecule has 0 radical (unpaired) electrons. The van der Waals surface area contributed by atoms with Crippen molar-refractivity contribution in [2.45, 2.75) is 0 Å². The van der Waals surface area contributed by atoms with Crippen LogP contribution < -0.4 is 5.43 Å². The first-order valence-corrected chi connectivity index (χ1v) is 8.54. The molecule has 28 heavy (non-hydrogen) atoms. The molecule has 0 bridgehead atoms. The molecule has 5 rings (SSSR count). The summed E-state index contributed by atoms with van der Waals surface area (Å²) in [5.41, 5.74) is 2.45. The van der Waals surface area contributed by atoms with E-state index in [4.69, 9.17) is 0 Å². The number of fused-ring (bicyclic) bond motifs is 2. The Labute approximate surface area is 157 Å². The second-order valence-electron chi connectivity index (χ2n) is 6.37. The Bertz CT molecular complexity index is 1420. The van der Waals surface area contributed by atoms with Crippen molar-refractivity contribution in [3.63, 3.8) is 0 Å². The van der Waals surface area contributed by atoms with Crippen LogP contribution in [0.25, 0.3) is 44.7 Å². The highest BCUT2D eigenvalue weighted by Crippen LogP contribution is 2.31.